The maximum Gasteiger partial charge on any atom is 0.336 e. The SMILES string of the molecule is CCCS(=O)(=O)O[C@@H](C)C(=O)OCC. The van der Waals surface area contributed by atoms with E-state index in [2.05, 4.69) is 8.92 Å². The molecule has 0 unspecified atom stereocenters. The van der Waals surface area contributed by atoms with Gasteiger partial charge < -0.3 is 4.74 Å². The molecular weight excluding hydrogens is 208 g/mol. The molecular formula is C8H16O5S. The van der Waals surface area contributed by atoms with Crippen LogP contribution in [0.1, 0.15) is 27.2 Å². The molecule has 0 saturated carbocycles. The summed E-state index contributed by atoms with van der Waals surface area (Å²) in [5.41, 5.74) is 0. The number of hydrogen-bond acceptors (Lipinski definition) is 5. The molecule has 5 nitrogen and oxygen atoms in total. The number of hydrogen-bond donors (Lipinski definition) is 0. The van der Waals surface area contributed by atoms with Crippen LogP contribution >= 0.6 is 0 Å². The molecule has 0 rings (SSSR count). The summed E-state index contributed by atoms with van der Waals surface area (Å²) in [6.07, 6.45) is -0.607. The molecule has 1 atom stereocenters. The van der Waals surface area contributed by atoms with Crippen molar-refractivity contribution >= 4 is 16.1 Å². The van der Waals surface area contributed by atoms with E-state index in [1.54, 1.807) is 13.8 Å². The third-order valence-corrected chi connectivity index (χ3v) is 2.85. The Hall–Kier alpha value is -0.620. The fourth-order valence-electron chi connectivity index (χ4n) is 0.817. The molecule has 6 heteroatoms. The topological polar surface area (TPSA) is 69.7 Å². The van der Waals surface area contributed by atoms with Crippen LogP contribution in [0.15, 0.2) is 0 Å². The van der Waals surface area contributed by atoms with Crippen LogP contribution < -0.4 is 0 Å². The quantitative estimate of drug-likeness (QED) is 0.490. The summed E-state index contributed by atoms with van der Waals surface area (Å²) >= 11 is 0. The largest absolute Gasteiger partial charge is 0.464 e. The molecule has 0 aromatic heterocycles. The van der Waals surface area contributed by atoms with E-state index in [0.717, 1.165) is 0 Å². The zero-order valence-corrected chi connectivity index (χ0v) is 9.46. The molecule has 14 heavy (non-hydrogen) atoms. The van der Waals surface area contributed by atoms with Crippen LogP contribution in [0.25, 0.3) is 0 Å². The van der Waals surface area contributed by atoms with E-state index in [-0.39, 0.29) is 12.4 Å². The van der Waals surface area contributed by atoms with Crippen molar-refractivity contribution in [1.29, 1.82) is 0 Å². The summed E-state index contributed by atoms with van der Waals surface area (Å²) < 4.78 is 31.4. The van der Waals surface area contributed by atoms with E-state index in [1.807, 2.05) is 0 Å². The molecule has 0 aromatic carbocycles. The van der Waals surface area contributed by atoms with Crippen LogP contribution in [0.3, 0.4) is 0 Å². The van der Waals surface area contributed by atoms with Crippen molar-refractivity contribution in [2.75, 3.05) is 12.4 Å². The minimum atomic E-state index is -3.60. The molecule has 0 amide bonds. The van der Waals surface area contributed by atoms with Crippen molar-refractivity contribution in [3.8, 4) is 0 Å². The summed E-state index contributed by atoms with van der Waals surface area (Å²) in [6.45, 7) is 4.92. The zero-order valence-electron chi connectivity index (χ0n) is 8.65. The summed E-state index contributed by atoms with van der Waals surface area (Å²) in [5.74, 6) is -0.747. The Bertz CT molecular complexity index is 269. The Kier molecular flexibility index (Phi) is 5.71. The van der Waals surface area contributed by atoms with Gasteiger partial charge in [-0.1, -0.05) is 6.92 Å². The molecule has 0 aliphatic heterocycles. The number of rotatable bonds is 6. The van der Waals surface area contributed by atoms with Gasteiger partial charge in [-0.25, -0.2) is 4.79 Å². The van der Waals surface area contributed by atoms with Gasteiger partial charge >= 0.3 is 5.97 Å². The average molecular weight is 224 g/mol. The van der Waals surface area contributed by atoms with Gasteiger partial charge in [-0.3, -0.25) is 4.18 Å². The highest BCUT2D eigenvalue weighted by molar-refractivity contribution is 7.86. The summed E-state index contributed by atoms with van der Waals surface area (Å²) in [7, 11) is -3.60. The first-order valence-corrected chi connectivity index (χ1v) is 6.08. The summed E-state index contributed by atoms with van der Waals surface area (Å²) in [5, 5.41) is 0. The van der Waals surface area contributed by atoms with Crippen molar-refractivity contribution in [3.63, 3.8) is 0 Å². The van der Waals surface area contributed by atoms with Crippen molar-refractivity contribution in [1.82, 2.24) is 0 Å². The summed E-state index contributed by atoms with van der Waals surface area (Å²) in [6, 6.07) is 0. The third kappa shape index (κ3) is 5.18. The van der Waals surface area contributed by atoms with Crippen molar-refractivity contribution in [3.05, 3.63) is 0 Å². The lowest BCUT2D eigenvalue weighted by molar-refractivity contribution is -0.150. The molecule has 0 fully saturated rings. The maximum absolute atomic E-state index is 11.1. The minimum absolute atomic E-state index is 0.0866. The molecule has 0 saturated heterocycles. The lowest BCUT2D eigenvalue weighted by atomic mass is 10.4. The van der Waals surface area contributed by atoms with Crippen LogP contribution in [0, 0.1) is 0 Å². The Morgan fingerprint density at radius 3 is 2.36 bits per heavy atom. The second-order valence-electron chi connectivity index (χ2n) is 2.75. The average Bonchev–Trinajstić information content (AvgIpc) is 2.03. The first-order chi connectivity index (χ1) is 6.43. The van der Waals surface area contributed by atoms with Crippen LogP contribution in [0.2, 0.25) is 0 Å². The van der Waals surface area contributed by atoms with E-state index in [0.29, 0.717) is 6.42 Å². The highest BCUT2D eigenvalue weighted by atomic mass is 32.2. The maximum atomic E-state index is 11.1. The van der Waals surface area contributed by atoms with Gasteiger partial charge in [0.25, 0.3) is 10.1 Å². The van der Waals surface area contributed by atoms with E-state index in [9.17, 15) is 13.2 Å². The molecule has 0 heterocycles. The van der Waals surface area contributed by atoms with Gasteiger partial charge in [0, 0.05) is 0 Å². The predicted octanol–water partition coefficient (Wildman–Crippen LogP) is 0.694. The minimum Gasteiger partial charge on any atom is -0.464 e. The van der Waals surface area contributed by atoms with Crippen LogP contribution in [0.4, 0.5) is 0 Å². The predicted molar refractivity (Wildman–Crippen MR) is 51.3 cm³/mol. The van der Waals surface area contributed by atoms with Crippen molar-refractivity contribution in [2.45, 2.75) is 33.3 Å². The Morgan fingerprint density at radius 2 is 1.93 bits per heavy atom. The van der Waals surface area contributed by atoms with Gasteiger partial charge in [0.2, 0.25) is 0 Å². The number of carbonyl (C=O) groups is 1. The van der Waals surface area contributed by atoms with Gasteiger partial charge in [-0.2, -0.15) is 8.42 Å². The molecule has 0 N–H and O–H groups in total. The van der Waals surface area contributed by atoms with Crippen LogP contribution in [0.5, 0.6) is 0 Å². The zero-order chi connectivity index (χ0) is 11.2. The molecule has 0 radical (unpaired) electrons. The van der Waals surface area contributed by atoms with Crippen LogP contribution in [-0.2, 0) is 23.8 Å². The molecule has 84 valence electrons. The van der Waals surface area contributed by atoms with Crippen molar-refractivity contribution in [2.24, 2.45) is 0 Å². The molecule has 0 aromatic rings. The highest BCUT2D eigenvalue weighted by Crippen LogP contribution is 2.03. The van der Waals surface area contributed by atoms with Gasteiger partial charge in [-0.05, 0) is 20.3 Å². The fourth-order valence-corrected chi connectivity index (χ4v) is 1.93. The molecule has 0 aliphatic carbocycles. The normalized spacial score (nSPS) is 13.6. The lowest BCUT2D eigenvalue weighted by Crippen LogP contribution is -2.27. The van der Waals surface area contributed by atoms with Crippen LogP contribution in [-0.4, -0.2) is 32.9 Å². The second kappa shape index (κ2) is 5.98. The molecule has 0 bridgehead atoms. The van der Waals surface area contributed by atoms with E-state index in [1.165, 1.54) is 6.92 Å². The van der Waals surface area contributed by atoms with Gasteiger partial charge in [0.05, 0.1) is 12.4 Å². The Labute approximate surface area is 84.5 Å². The number of esters is 1. The standard InChI is InChI=1S/C8H16O5S/c1-4-6-14(10,11)13-7(3)8(9)12-5-2/h7H,4-6H2,1-3H3/t7-/m0/s1. The third-order valence-electron chi connectivity index (χ3n) is 1.36. The van der Waals surface area contributed by atoms with Gasteiger partial charge in [-0.15, -0.1) is 0 Å². The molecule has 0 aliphatic rings. The first kappa shape index (κ1) is 13.4. The monoisotopic (exact) mass is 224 g/mol. The lowest BCUT2D eigenvalue weighted by Gasteiger charge is -2.10. The van der Waals surface area contributed by atoms with Gasteiger partial charge in [0.15, 0.2) is 6.10 Å². The van der Waals surface area contributed by atoms with Crippen molar-refractivity contribution < 1.29 is 22.1 Å². The number of carbonyl (C=O) groups excluding carboxylic acids is 1. The highest BCUT2D eigenvalue weighted by Gasteiger charge is 2.21. The van der Waals surface area contributed by atoms with Gasteiger partial charge in [0.1, 0.15) is 0 Å². The van der Waals surface area contributed by atoms with E-state index < -0.39 is 22.2 Å². The Balaban J connectivity index is 4.17. The second-order valence-corrected chi connectivity index (χ2v) is 4.47. The Morgan fingerprint density at radius 1 is 1.36 bits per heavy atom. The van der Waals surface area contributed by atoms with E-state index >= 15 is 0 Å². The smallest absolute Gasteiger partial charge is 0.336 e. The number of ether oxygens (including phenoxy) is 1. The first-order valence-electron chi connectivity index (χ1n) is 4.50. The molecule has 0 spiro atoms. The fraction of sp³-hybridized carbons (Fsp3) is 0.875. The van der Waals surface area contributed by atoms with E-state index in [4.69, 9.17) is 0 Å². The summed E-state index contributed by atoms with van der Waals surface area (Å²) in [4.78, 5) is 11.0.